The Labute approximate surface area is 107 Å². The normalized spacial score (nSPS) is 18.9. The van der Waals surface area contributed by atoms with Crippen LogP contribution in [0.1, 0.15) is 18.8 Å². The molecular formula is C13H19N5. The SMILES string of the molecule is CC(c1ncc(-c2cc[nH]c2)[nH]1)N1CCNCC1. The molecule has 3 N–H and O–H groups in total. The summed E-state index contributed by atoms with van der Waals surface area (Å²) in [7, 11) is 0. The Bertz CT molecular complexity index is 481. The molecule has 0 aromatic carbocycles. The van der Waals surface area contributed by atoms with Gasteiger partial charge in [-0.15, -0.1) is 0 Å². The van der Waals surface area contributed by atoms with E-state index in [9.17, 15) is 0 Å². The molecular weight excluding hydrogens is 226 g/mol. The minimum absolute atomic E-state index is 0.347. The molecule has 2 aromatic rings. The fourth-order valence-electron chi connectivity index (χ4n) is 2.43. The van der Waals surface area contributed by atoms with Gasteiger partial charge < -0.3 is 15.3 Å². The first-order valence-electron chi connectivity index (χ1n) is 6.47. The van der Waals surface area contributed by atoms with Crippen LogP contribution in [0, 0.1) is 0 Å². The summed E-state index contributed by atoms with van der Waals surface area (Å²) >= 11 is 0. The highest BCUT2D eigenvalue weighted by atomic mass is 15.2. The van der Waals surface area contributed by atoms with Crippen molar-refractivity contribution in [3.05, 3.63) is 30.5 Å². The monoisotopic (exact) mass is 245 g/mol. The molecule has 0 saturated carbocycles. The summed E-state index contributed by atoms with van der Waals surface area (Å²) in [4.78, 5) is 13.5. The summed E-state index contributed by atoms with van der Waals surface area (Å²) in [5.74, 6) is 1.05. The van der Waals surface area contributed by atoms with E-state index >= 15 is 0 Å². The molecule has 0 radical (unpaired) electrons. The molecule has 2 aromatic heterocycles. The number of hydrogen-bond acceptors (Lipinski definition) is 3. The summed E-state index contributed by atoms with van der Waals surface area (Å²) in [6.45, 7) is 6.51. The Morgan fingerprint density at radius 1 is 1.33 bits per heavy atom. The number of aromatic amines is 2. The highest BCUT2D eigenvalue weighted by Gasteiger charge is 2.20. The molecule has 96 valence electrons. The van der Waals surface area contributed by atoms with E-state index in [-0.39, 0.29) is 0 Å². The van der Waals surface area contributed by atoms with E-state index in [0.29, 0.717) is 6.04 Å². The van der Waals surface area contributed by atoms with Crippen molar-refractivity contribution in [1.82, 2.24) is 25.2 Å². The molecule has 1 unspecified atom stereocenters. The van der Waals surface area contributed by atoms with E-state index in [2.05, 4.69) is 32.1 Å². The van der Waals surface area contributed by atoms with E-state index in [1.807, 2.05) is 24.7 Å². The van der Waals surface area contributed by atoms with E-state index in [0.717, 1.165) is 43.3 Å². The van der Waals surface area contributed by atoms with Gasteiger partial charge in [0.15, 0.2) is 0 Å². The van der Waals surface area contributed by atoms with Gasteiger partial charge in [0.25, 0.3) is 0 Å². The zero-order chi connectivity index (χ0) is 12.4. The van der Waals surface area contributed by atoms with Gasteiger partial charge in [0.1, 0.15) is 5.82 Å². The third-order valence-electron chi connectivity index (χ3n) is 3.60. The van der Waals surface area contributed by atoms with Gasteiger partial charge in [-0.05, 0) is 13.0 Å². The second-order valence-electron chi connectivity index (χ2n) is 4.74. The van der Waals surface area contributed by atoms with Crippen LogP contribution in [0.5, 0.6) is 0 Å². The van der Waals surface area contributed by atoms with Crippen LogP contribution >= 0.6 is 0 Å². The van der Waals surface area contributed by atoms with Crippen molar-refractivity contribution < 1.29 is 0 Å². The molecule has 5 heteroatoms. The topological polar surface area (TPSA) is 59.7 Å². The van der Waals surface area contributed by atoms with E-state index in [1.54, 1.807) is 0 Å². The first-order valence-corrected chi connectivity index (χ1v) is 6.47. The van der Waals surface area contributed by atoms with Crippen molar-refractivity contribution in [2.75, 3.05) is 26.2 Å². The van der Waals surface area contributed by atoms with Crippen molar-refractivity contribution >= 4 is 0 Å². The molecule has 1 aliphatic rings. The Hall–Kier alpha value is -1.59. The van der Waals surface area contributed by atoms with Gasteiger partial charge in [0.05, 0.1) is 17.9 Å². The maximum atomic E-state index is 4.52. The second-order valence-corrected chi connectivity index (χ2v) is 4.74. The zero-order valence-electron chi connectivity index (χ0n) is 10.6. The predicted octanol–water partition coefficient (Wildman–Crippen LogP) is 1.37. The molecule has 0 aliphatic carbocycles. The average Bonchev–Trinajstić information content (AvgIpc) is 3.09. The number of H-pyrrole nitrogens is 2. The Balaban J connectivity index is 1.76. The number of nitrogens with one attached hydrogen (secondary N) is 3. The van der Waals surface area contributed by atoms with Crippen LogP contribution in [-0.4, -0.2) is 46.0 Å². The number of imidazole rings is 1. The Morgan fingerprint density at radius 2 is 2.17 bits per heavy atom. The van der Waals surface area contributed by atoms with E-state index < -0.39 is 0 Å². The molecule has 5 nitrogen and oxygen atoms in total. The van der Waals surface area contributed by atoms with Gasteiger partial charge >= 0.3 is 0 Å². The van der Waals surface area contributed by atoms with Gasteiger partial charge in [-0.1, -0.05) is 0 Å². The van der Waals surface area contributed by atoms with Crippen LogP contribution in [0.25, 0.3) is 11.3 Å². The van der Waals surface area contributed by atoms with Crippen LogP contribution in [0.2, 0.25) is 0 Å². The number of nitrogens with zero attached hydrogens (tertiary/aromatic N) is 2. The number of rotatable bonds is 3. The summed E-state index contributed by atoms with van der Waals surface area (Å²) < 4.78 is 0. The van der Waals surface area contributed by atoms with Crippen LogP contribution in [-0.2, 0) is 0 Å². The van der Waals surface area contributed by atoms with Crippen LogP contribution in [0.3, 0.4) is 0 Å². The number of hydrogen-bond donors (Lipinski definition) is 3. The van der Waals surface area contributed by atoms with Crippen molar-refractivity contribution in [2.24, 2.45) is 0 Å². The zero-order valence-corrected chi connectivity index (χ0v) is 10.6. The molecule has 1 aliphatic heterocycles. The molecule has 3 rings (SSSR count). The van der Waals surface area contributed by atoms with E-state index in [4.69, 9.17) is 0 Å². The maximum absolute atomic E-state index is 4.52. The smallest absolute Gasteiger partial charge is 0.123 e. The highest BCUT2D eigenvalue weighted by molar-refractivity contribution is 5.57. The number of aromatic nitrogens is 3. The van der Waals surface area contributed by atoms with Crippen molar-refractivity contribution in [3.8, 4) is 11.3 Å². The molecule has 3 heterocycles. The lowest BCUT2D eigenvalue weighted by atomic mass is 10.2. The highest BCUT2D eigenvalue weighted by Crippen LogP contribution is 2.22. The third kappa shape index (κ3) is 2.19. The van der Waals surface area contributed by atoms with Crippen molar-refractivity contribution in [1.29, 1.82) is 0 Å². The average molecular weight is 245 g/mol. The molecule has 1 saturated heterocycles. The molecule has 18 heavy (non-hydrogen) atoms. The van der Waals surface area contributed by atoms with Crippen LogP contribution < -0.4 is 5.32 Å². The van der Waals surface area contributed by atoms with Crippen molar-refractivity contribution in [2.45, 2.75) is 13.0 Å². The predicted molar refractivity (Wildman–Crippen MR) is 71.2 cm³/mol. The van der Waals surface area contributed by atoms with E-state index in [1.165, 1.54) is 0 Å². The van der Waals surface area contributed by atoms with Gasteiger partial charge in [-0.25, -0.2) is 4.98 Å². The lowest BCUT2D eigenvalue weighted by molar-refractivity contribution is 0.180. The molecule has 0 bridgehead atoms. The summed E-state index contributed by atoms with van der Waals surface area (Å²) in [5.41, 5.74) is 2.23. The van der Waals surface area contributed by atoms with Crippen LogP contribution in [0.15, 0.2) is 24.7 Å². The largest absolute Gasteiger partial charge is 0.367 e. The fourth-order valence-corrected chi connectivity index (χ4v) is 2.43. The molecule has 1 fully saturated rings. The molecule has 1 atom stereocenters. The minimum atomic E-state index is 0.347. The first kappa shape index (κ1) is 11.5. The van der Waals surface area contributed by atoms with Gasteiger partial charge in [0.2, 0.25) is 0 Å². The van der Waals surface area contributed by atoms with Crippen LogP contribution in [0.4, 0.5) is 0 Å². The summed E-state index contributed by atoms with van der Waals surface area (Å²) in [5, 5.41) is 3.37. The quantitative estimate of drug-likeness (QED) is 0.765. The Morgan fingerprint density at radius 3 is 2.89 bits per heavy atom. The van der Waals surface area contributed by atoms with Gasteiger partial charge in [0, 0.05) is 44.1 Å². The molecule has 0 spiro atoms. The lowest BCUT2D eigenvalue weighted by Gasteiger charge is -2.31. The van der Waals surface area contributed by atoms with Gasteiger partial charge in [-0.2, -0.15) is 0 Å². The third-order valence-corrected chi connectivity index (χ3v) is 3.60. The lowest BCUT2D eigenvalue weighted by Crippen LogP contribution is -2.44. The standard InChI is InChI=1S/C13H19N5/c1-10(18-6-4-14-5-7-18)13-16-9-12(17-13)11-2-3-15-8-11/h2-3,8-10,14-15H,4-7H2,1H3,(H,16,17). The second kappa shape index (κ2) is 4.96. The first-order chi connectivity index (χ1) is 8.84. The summed E-state index contributed by atoms with van der Waals surface area (Å²) in [6.07, 6.45) is 5.82. The Kier molecular flexibility index (Phi) is 3.17. The van der Waals surface area contributed by atoms with Gasteiger partial charge in [-0.3, -0.25) is 4.90 Å². The maximum Gasteiger partial charge on any atom is 0.123 e. The summed E-state index contributed by atoms with van der Waals surface area (Å²) in [6, 6.07) is 2.40. The fraction of sp³-hybridized carbons (Fsp3) is 0.462. The minimum Gasteiger partial charge on any atom is -0.367 e. The number of piperazine rings is 1. The van der Waals surface area contributed by atoms with Crippen molar-refractivity contribution in [3.63, 3.8) is 0 Å². The molecule has 0 amide bonds.